The van der Waals surface area contributed by atoms with Gasteiger partial charge < -0.3 is 16.4 Å². The van der Waals surface area contributed by atoms with Crippen LogP contribution in [-0.2, 0) is 24.2 Å². The standard InChI is InChI=1S/C25H30N6O2.2ClH/c1-3-17-8-4-6-10-20(17)30-23-25(33)31-19(15-27-23)9-5-7-11-21(31)24(32)28-14-18-12-13-22(26)29-16(18)2;;/h4,6,8,10,12-13,15,21H,3,5,7,9,11,14H2,1-2H3,(H2,26,29)(H,27,30)(H,28,32);2*1H/t21-;;/m0../s1. The van der Waals surface area contributed by atoms with E-state index >= 15 is 0 Å². The minimum Gasteiger partial charge on any atom is -0.384 e. The van der Waals surface area contributed by atoms with Crippen molar-refractivity contribution in [3.8, 4) is 0 Å². The molecule has 0 aliphatic carbocycles. The number of hydrogen-bond acceptors (Lipinski definition) is 6. The van der Waals surface area contributed by atoms with Crippen LogP contribution in [0, 0.1) is 6.92 Å². The van der Waals surface area contributed by atoms with E-state index in [-0.39, 0.29) is 42.1 Å². The third kappa shape index (κ3) is 6.32. The van der Waals surface area contributed by atoms with E-state index in [1.54, 1.807) is 16.8 Å². The molecule has 0 bridgehead atoms. The number of benzene rings is 1. The summed E-state index contributed by atoms with van der Waals surface area (Å²) < 4.78 is 1.63. The second-order valence-corrected chi connectivity index (χ2v) is 8.37. The molecular formula is C25H32Cl2N6O2. The quantitative estimate of drug-likeness (QED) is 0.448. The molecule has 3 heterocycles. The van der Waals surface area contributed by atoms with Crippen molar-refractivity contribution in [1.29, 1.82) is 0 Å². The molecule has 0 saturated heterocycles. The Hall–Kier alpha value is -3.10. The van der Waals surface area contributed by atoms with Crippen molar-refractivity contribution in [3.63, 3.8) is 0 Å². The topological polar surface area (TPSA) is 115 Å². The van der Waals surface area contributed by atoms with E-state index in [2.05, 4.69) is 27.5 Å². The molecule has 10 heteroatoms. The monoisotopic (exact) mass is 518 g/mol. The van der Waals surface area contributed by atoms with Crippen molar-refractivity contribution in [3.05, 3.63) is 75.5 Å². The van der Waals surface area contributed by atoms with Crippen LogP contribution in [0.4, 0.5) is 17.3 Å². The summed E-state index contributed by atoms with van der Waals surface area (Å²) in [7, 11) is 0. The number of aromatic nitrogens is 3. The highest BCUT2D eigenvalue weighted by atomic mass is 35.5. The fourth-order valence-corrected chi connectivity index (χ4v) is 4.31. The number of nitrogens with zero attached hydrogens (tertiary/aromatic N) is 3. The highest BCUT2D eigenvalue weighted by molar-refractivity contribution is 5.85. The Morgan fingerprint density at radius 3 is 2.66 bits per heavy atom. The predicted molar refractivity (Wildman–Crippen MR) is 144 cm³/mol. The summed E-state index contributed by atoms with van der Waals surface area (Å²) in [6.45, 7) is 4.26. The van der Waals surface area contributed by atoms with E-state index in [1.165, 1.54) is 0 Å². The van der Waals surface area contributed by atoms with Gasteiger partial charge in [0.1, 0.15) is 11.9 Å². The zero-order chi connectivity index (χ0) is 23.4. The number of rotatable bonds is 6. The summed E-state index contributed by atoms with van der Waals surface area (Å²) >= 11 is 0. The number of carbonyl (C=O) groups is 1. The maximum atomic E-state index is 13.5. The van der Waals surface area contributed by atoms with Gasteiger partial charge in [0.25, 0.3) is 5.56 Å². The molecule has 35 heavy (non-hydrogen) atoms. The van der Waals surface area contributed by atoms with Crippen molar-refractivity contribution in [2.75, 3.05) is 11.1 Å². The first kappa shape index (κ1) is 28.1. The zero-order valence-corrected chi connectivity index (χ0v) is 21.5. The Morgan fingerprint density at radius 1 is 1.14 bits per heavy atom. The first-order valence-electron chi connectivity index (χ1n) is 11.4. The summed E-state index contributed by atoms with van der Waals surface area (Å²) in [5.41, 5.74) is 9.87. The van der Waals surface area contributed by atoms with Crippen LogP contribution in [-0.4, -0.2) is 20.4 Å². The highest BCUT2D eigenvalue weighted by Gasteiger charge is 2.27. The second kappa shape index (κ2) is 12.6. The van der Waals surface area contributed by atoms with Crippen LogP contribution in [0.2, 0.25) is 0 Å². The summed E-state index contributed by atoms with van der Waals surface area (Å²) in [5, 5.41) is 6.19. The second-order valence-electron chi connectivity index (χ2n) is 8.37. The lowest BCUT2D eigenvalue weighted by Crippen LogP contribution is -2.38. The van der Waals surface area contributed by atoms with Crippen LogP contribution in [0.15, 0.2) is 47.4 Å². The van der Waals surface area contributed by atoms with Gasteiger partial charge in [-0.05, 0) is 55.9 Å². The number of pyridine rings is 1. The molecular weight excluding hydrogens is 487 g/mol. The molecule has 0 fully saturated rings. The minimum atomic E-state index is -0.581. The van der Waals surface area contributed by atoms with E-state index in [0.29, 0.717) is 18.8 Å². The molecule has 0 spiro atoms. The number of para-hydroxylation sites is 1. The lowest BCUT2D eigenvalue weighted by Gasteiger charge is -2.21. The van der Waals surface area contributed by atoms with Gasteiger partial charge in [-0.2, -0.15) is 0 Å². The summed E-state index contributed by atoms with van der Waals surface area (Å²) in [6.07, 6.45) is 5.66. The van der Waals surface area contributed by atoms with Gasteiger partial charge in [0.05, 0.1) is 0 Å². The molecule has 188 valence electrons. The lowest BCUT2D eigenvalue weighted by molar-refractivity contribution is -0.124. The van der Waals surface area contributed by atoms with Gasteiger partial charge in [-0.3, -0.25) is 14.2 Å². The number of aryl methyl sites for hydroxylation is 3. The Morgan fingerprint density at radius 2 is 1.91 bits per heavy atom. The molecule has 2 aromatic heterocycles. The fourth-order valence-electron chi connectivity index (χ4n) is 4.31. The number of carbonyl (C=O) groups excluding carboxylic acids is 1. The van der Waals surface area contributed by atoms with Gasteiger partial charge >= 0.3 is 0 Å². The predicted octanol–water partition coefficient (Wildman–Crippen LogP) is 4.26. The number of fused-ring (bicyclic) bond motifs is 1. The van der Waals surface area contributed by atoms with Gasteiger partial charge in [0, 0.05) is 29.8 Å². The molecule has 4 N–H and O–H groups in total. The lowest BCUT2D eigenvalue weighted by atomic mass is 10.1. The SMILES string of the molecule is CCc1ccccc1Nc1ncc2n(c1=O)[C@H](C(=O)NCc1ccc(N)nc1C)CCCC2.Cl.Cl. The van der Waals surface area contributed by atoms with E-state index in [1.807, 2.05) is 37.3 Å². The smallest absolute Gasteiger partial charge is 0.294 e. The summed E-state index contributed by atoms with van der Waals surface area (Å²) in [4.78, 5) is 35.4. The van der Waals surface area contributed by atoms with E-state index < -0.39 is 6.04 Å². The van der Waals surface area contributed by atoms with Gasteiger partial charge in [-0.1, -0.05) is 37.6 Å². The number of nitrogen functional groups attached to an aromatic ring is 1. The summed E-state index contributed by atoms with van der Waals surface area (Å²) in [6, 6.07) is 10.9. The van der Waals surface area contributed by atoms with E-state index in [9.17, 15) is 9.59 Å². The van der Waals surface area contributed by atoms with Crippen molar-refractivity contribution in [1.82, 2.24) is 19.9 Å². The van der Waals surface area contributed by atoms with Crippen LogP contribution >= 0.6 is 24.8 Å². The van der Waals surface area contributed by atoms with Crippen molar-refractivity contribution >= 4 is 48.0 Å². The molecule has 4 rings (SSSR count). The highest BCUT2D eigenvalue weighted by Crippen LogP contribution is 2.24. The number of nitrogens with two attached hydrogens (primary N) is 1. The molecule has 8 nitrogen and oxygen atoms in total. The third-order valence-corrected chi connectivity index (χ3v) is 6.17. The zero-order valence-electron chi connectivity index (χ0n) is 19.9. The first-order valence-corrected chi connectivity index (χ1v) is 11.4. The fraction of sp³-hybridized carbons (Fsp3) is 0.360. The average molecular weight is 519 g/mol. The normalized spacial score (nSPS) is 14.5. The van der Waals surface area contributed by atoms with Crippen LogP contribution in [0.3, 0.4) is 0 Å². The maximum Gasteiger partial charge on any atom is 0.294 e. The molecule has 0 saturated carbocycles. The van der Waals surface area contributed by atoms with Crippen molar-refractivity contribution < 1.29 is 4.79 Å². The number of amides is 1. The van der Waals surface area contributed by atoms with Crippen LogP contribution in [0.25, 0.3) is 0 Å². The number of hydrogen-bond donors (Lipinski definition) is 3. The average Bonchev–Trinajstić information content (AvgIpc) is 3.03. The Bertz CT molecular complexity index is 1230. The molecule has 0 unspecified atom stereocenters. The minimum absolute atomic E-state index is 0. The van der Waals surface area contributed by atoms with Gasteiger partial charge in [-0.25, -0.2) is 9.97 Å². The molecule has 3 aromatic rings. The van der Waals surface area contributed by atoms with Gasteiger partial charge in [-0.15, -0.1) is 24.8 Å². The van der Waals surface area contributed by atoms with Gasteiger partial charge in [0.2, 0.25) is 5.91 Å². The molecule has 1 aliphatic rings. The molecule has 1 aromatic carbocycles. The Balaban J connectivity index is 0.00000216. The first-order chi connectivity index (χ1) is 16.0. The number of nitrogens with one attached hydrogen (secondary N) is 2. The van der Waals surface area contributed by atoms with Crippen LogP contribution in [0.5, 0.6) is 0 Å². The van der Waals surface area contributed by atoms with Gasteiger partial charge in [0.15, 0.2) is 5.82 Å². The molecule has 0 radical (unpaired) electrons. The Kier molecular flexibility index (Phi) is 10.1. The molecule has 1 atom stereocenters. The van der Waals surface area contributed by atoms with E-state index in [0.717, 1.165) is 53.9 Å². The summed E-state index contributed by atoms with van der Waals surface area (Å²) in [5.74, 6) is 0.504. The molecule has 1 aliphatic heterocycles. The van der Waals surface area contributed by atoms with E-state index in [4.69, 9.17) is 5.73 Å². The number of anilines is 3. The van der Waals surface area contributed by atoms with Crippen molar-refractivity contribution in [2.24, 2.45) is 0 Å². The third-order valence-electron chi connectivity index (χ3n) is 6.17. The largest absolute Gasteiger partial charge is 0.384 e. The number of halogens is 2. The Labute approximate surface area is 217 Å². The van der Waals surface area contributed by atoms with Crippen LogP contribution < -0.4 is 21.9 Å². The molecule has 1 amide bonds. The maximum absolute atomic E-state index is 13.5. The van der Waals surface area contributed by atoms with Crippen LogP contribution in [0.1, 0.15) is 54.7 Å². The van der Waals surface area contributed by atoms with Crippen molar-refractivity contribution in [2.45, 2.75) is 58.5 Å².